The van der Waals surface area contributed by atoms with Crippen molar-refractivity contribution in [3.63, 3.8) is 0 Å². The summed E-state index contributed by atoms with van der Waals surface area (Å²) in [6.45, 7) is 7.63. The maximum Gasteiger partial charge on any atom is 0.416 e. The van der Waals surface area contributed by atoms with Crippen LogP contribution in [0.4, 0.5) is 17.6 Å². The Kier molecular flexibility index (Phi) is 8.16. The summed E-state index contributed by atoms with van der Waals surface area (Å²) in [7, 11) is 1.76. The number of likely N-dealkylation sites (tertiary alicyclic amines) is 1. The molecule has 11 heteroatoms. The number of alkyl halides is 4. The Morgan fingerprint density at radius 2 is 2.03 bits per heavy atom. The monoisotopic (exact) mass is 543 g/mol. The van der Waals surface area contributed by atoms with Crippen molar-refractivity contribution in [3.8, 4) is 5.75 Å². The molecule has 0 N–H and O–H groups in total. The van der Waals surface area contributed by atoms with Crippen molar-refractivity contribution in [1.29, 1.82) is 0 Å². The summed E-state index contributed by atoms with van der Waals surface area (Å²) in [5, 5.41) is 0. The molecule has 4 rings (SSSR count). The highest BCUT2D eigenvalue weighted by molar-refractivity contribution is 7.09. The van der Waals surface area contributed by atoms with Gasteiger partial charge in [-0.3, -0.25) is 9.69 Å². The number of halogens is 4. The summed E-state index contributed by atoms with van der Waals surface area (Å²) in [6, 6.07) is 2.56. The molecular formula is C26H33F4N3O3S. The lowest BCUT2D eigenvalue weighted by molar-refractivity contribution is -0.137. The zero-order chi connectivity index (χ0) is 27.0. The molecule has 204 valence electrons. The number of thiazole rings is 1. The Bertz CT molecular complexity index is 1180. The van der Waals surface area contributed by atoms with Gasteiger partial charge < -0.3 is 14.0 Å². The molecule has 0 bridgehead atoms. The number of carbonyl (C=O) groups is 1. The molecular weight excluding hydrogens is 510 g/mol. The zero-order valence-corrected chi connectivity index (χ0v) is 22.3. The van der Waals surface area contributed by atoms with Crippen molar-refractivity contribution in [2.45, 2.75) is 76.5 Å². The predicted molar refractivity (Wildman–Crippen MR) is 133 cm³/mol. The molecule has 0 radical (unpaired) electrons. The van der Waals surface area contributed by atoms with Crippen molar-refractivity contribution in [1.82, 2.24) is 9.47 Å². The van der Waals surface area contributed by atoms with Crippen LogP contribution in [-0.2, 0) is 22.9 Å². The smallest absolute Gasteiger partial charge is 0.416 e. The van der Waals surface area contributed by atoms with Gasteiger partial charge in [-0.2, -0.15) is 18.2 Å². The Morgan fingerprint density at radius 3 is 2.62 bits per heavy atom. The molecule has 0 spiro atoms. The second-order valence-corrected chi connectivity index (χ2v) is 11.8. The third-order valence-electron chi connectivity index (χ3n) is 6.69. The van der Waals surface area contributed by atoms with E-state index in [-0.39, 0.29) is 48.4 Å². The minimum atomic E-state index is -4.64. The largest absolute Gasteiger partial charge is 0.491 e. The van der Waals surface area contributed by atoms with Crippen LogP contribution in [0.1, 0.15) is 60.8 Å². The van der Waals surface area contributed by atoms with Crippen LogP contribution in [0.2, 0.25) is 0 Å². The second-order valence-electron chi connectivity index (χ2n) is 10.8. The van der Waals surface area contributed by atoms with Gasteiger partial charge in [-0.05, 0) is 49.9 Å². The second kappa shape index (κ2) is 10.9. The first kappa shape index (κ1) is 27.8. The van der Waals surface area contributed by atoms with E-state index in [1.165, 1.54) is 11.3 Å². The molecule has 37 heavy (non-hydrogen) atoms. The van der Waals surface area contributed by atoms with Crippen molar-refractivity contribution in [3.05, 3.63) is 45.2 Å². The molecule has 0 unspecified atom stereocenters. The Hall–Kier alpha value is -2.24. The molecule has 3 atom stereocenters. The third-order valence-corrected chi connectivity index (χ3v) is 8.13. The highest BCUT2D eigenvalue weighted by Crippen LogP contribution is 2.33. The average molecular weight is 544 g/mol. The lowest BCUT2D eigenvalue weighted by Crippen LogP contribution is -2.31. The fourth-order valence-corrected chi connectivity index (χ4v) is 5.55. The van der Waals surface area contributed by atoms with Crippen LogP contribution in [0.25, 0.3) is 0 Å². The topological polar surface area (TPSA) is 56.1 Å². The van der Waals surface area contributed by atoms with E-state index in [9.17, 15) is 22.4 Å². The van der Waals surface area contributed by atoms with Gasteiger partial charge >= 0.3 is 6.18 Å². The summed E-state index contributed by atoms with van der Waals surface area (Å²) in [5.74, 6) is -0.830. The molecule has 2 aliphatic rings. The molecule has 2 fully saturated rings. The van der Waals surface area contributed by atoms with Gasteiger partial charge in [-0.25, -0.2) is 4.39 Å². The van der Waals surface area contributed by atoms with Gasteiger partial charge in [0.05, 0.1) is 23.8 Å². The van der Waals surface area contributed by atoms with E-state index < -0.39 is 23.8 Å². The number of aromatic nitrogens is 1. The molecule has 1 amide bonds. The van der Waals surface area contributed by atoms with Crippen molar-refractivity contribution in [2.75, 3.05) is 26.8 Å². The van der Waals surface area contributed by atoms with Crippen LogP contribution >= 0.6 is 11.3 Å². The first-order valence-electron chi connectivity index (χ1n) is 12.4. The van der Waals surface area contributed by atoms with Crippen LogP contribution in [0, 0.1) is 0 Å². The molecule has 6 nitrogen and oxygen atoms in total. The predicted octanol–water partition coefficient (Wildman–Crippen LogP) is 5.21. The van der Waals surface area contributed by atoms with Crippen LogP contribution < -0.4 is 9.54 Å². The molecule has 1 aromatic heterocycles. The minimum Gasteiger partial charge on any atom is -0.491 e. The standard InChI is InChI=1S/C26H33F4N3O3S/c1-25(2,3)22-14-33(13-19-6-5-9-35-19)24(37-22)31-23(34)20-10-16(26(28,29)30)7-8-21(20)36-15-18-11-17(27)12-32(18)4/h7-8,10,14,17-19H,5-6,9,11-13,15H2,1-4H3/b31-24-/t17-,18-,19+/m0/s1. The van der Waals surface area contributed by atoms with Crippen LogP contribution in [-0.4, -0.2) is 60.5 Å². The van der Waals surface area contributed by atoms with Crippen molar-refractivity contribution >= 4 is 17.2 Å². The van der Waals surface area contributed by atoms with E-state index in [1.807, 2.05) is 31.5 Å². The van der Waals surface area contributed by atoms with Gasteiger partial charge in [0.25, 0.3) is 5.91 Å². The lowest BCUT2D eigenvalue weighted by Gasteiger charge is -2.20. The first-order chi connectivity index (χ1) is 17.3. The number of amides is 1. The number of carbonyl (C=O) groups excluding carboxylic acids is 1. The highest BCUT2D eigenvalue weighted by atomic mass is 32.1. The number of ether oxygens (including phenoxy) is 2. The summed E-state index contributed by atoms with van der Waals surface area (Å²) >= 11 is 1.33. The summed E-state index contributed by atoms with van der Waals surface area (Å²) in [6.07, 6.45) is -1.59. The molecule has 2 aliphatic heterocycles. The number of nitrogens with zero attached hydrogens (tertiary/aromatic N) is 3. The quantitative estimate of drug-likeness (QED) is 0.470. The number of benzene rings is 1. The zero-order valence-electron chi connectivity index (χ0n) is 21.5. The van der Waals surface area contributed by atoms with Crippen LogP contribution in [0.5, 0.6) is 5.75 Å². The van der Waals surface area contributed by atoms with Crippen molar-refractivity contribution in [2.24, 2.45) is 4.99 Å². The van der Waals surface area contributed by atoms with Gasteiger partial charge in [0.2, 0.25) is 0 Å². The van der Waals surface area contributed by atoms with Crippen LogP contribution in [0.3, 0.4) is 0 Å². The maximum absolute atomic E-state index is 13.8. The Morgan fingerprint density at radius 1 is 1.27 bits per heavy atom. The van der Waals surface area contributed by atoms with Gasteiger partial charge in [0.15, 0.2) is 4.80 Å². The van der Waals surface area contributed by atoms with E-state index in [2.05, 4.69) is 4.99 Å². The van der Waals surface area contributed by atoms with Crippen molar-refractivity contribution < 1.29 is 31.8 Å². The number of hydrogen-bond acceptors (Lipinski definition) is 5. The molecule has 0 saturated carbocycles. The lowest BCUT2D eigenvalue weighted by atomic mass is 9.95. The molecule has 3 heterocycles. The molecule has 2 saturated heterocycles. The maximum atomic E-state index is 13.8. The fourth-order valence-electron chi connectivity index (χ4n) is 4.49. The van der Waals surface area contributed by atoms with Crippen LogP contribution in [0.15, 0.2) is 29.4 Å². The fraction of sp³-hybridized carbons (Fsp3) is 0.615. The molecule has 2 aromatic rings. The summed E-state index contributed by atoms with van der Waals surface area (Å²) in [5.41, 5.74) is -1.44. The van der Waals surface area contributed by atoms with E-state index in [0.29, 0.717) is 18.0 Å². The minimum absolute atomic E-state index is 0.00395. The van der Waals surface area contributed by atoms with Gasteiger partial charge in [-0.1, -0.05) is 20.8 Å². The molecule has 1 aromatic carbocycles. The third kappa shape index (κ3) is 6.80. The normalized spacial score (nSPS) is 23.7. The Balaban J connectivity index is 1.69. The highest BCUT2D eigenvalue weighted by Gasteiger charge is 2.33. The van der Waals surface area contributed by atoms with E-state index in [1.54, 1.807) is 11.9 Å². The first-order valence-corrected chi connectivity index (χ1v) is 13.2. The average Bonchev–Trinajstić information content (AvgIpc) is 3.53. The van der Waals surface area contributed by atoms with E-state index >= 15 is 0 Å². The number of hydrogen-bond donors (Lipinski definition) is 0. The summed E-state index contributed by atoms with van der Waals surface area (Å²) in [4.78, 5) is 20.8. The van der Waals surface area contributed by atoms with Gasteiger partial charge in [0.1, 0.15) is 18.5 Å². The van der Waals surface area contributed by atoms with Gasteiger partial charge in [-0.15, -0.1) is 11.3 Å². The molecule has 0 aliphatic carbocycles. The van der Waals surface area contributed by atoms with E-state index in [4.69, 9.17) is 9.47 Å². The van der Waals surface area contributed by atoms with Gasteiger partial charge in [0, 0.05) is 30.3 Å². The SMILES string of the molecule is CN1C[C@@H](F)C[C@H]1COc1ccc(C(F)(F)F)cc1C(=O)/N=c1\sc(C(C)(C)C)cn1C[C@H]1CCCO1. The number of rotatable bonds is 6. The summed E-state index contributed by atoms with van der Waals surface area (Å²) < 4.78 is 67.6. The van der Waals surface area contributed by atoms with E-state index in [0.717, 1.165) is 35.9 Å². The number of likely N-dealkylation sites (N-methyl/N-ethyl adjacent to an activating group) is 1. The Labute approximate surface area is 217 Å².